The Morgan fingerprint density at radius 1 is 1.04 bits per heavy atom. The van der Waals surface area contributed by atoms with Crippen molar-refractivity contribution in [2.24, 2.45) is 0 Å². The number of benzene rings is 1. The molecule has 152 valence electrons. The Morgan fingerprint density at radius 2 is 1.71 bits per heavy atom. The number of nitrogens with zero attached hydrogens (tertiary/aromatic N) is 2. The zero-order valence-corrected chi connectivity index (χ0v) is 17.8. The van der Waals surface area contributed by atoms with Crippen molar-refractivity contribution in [3.8, 4) is 0 Å². The molecule has 2 aromatic rings. The second kappa shape index (κ2) is 9.65. The number of aryl methyl sites for hydroxylation is 1. The maximum atomic E-state index is 12.6. The molecule has 0 spiro atoms. The Labute approximate surface area is 171 Å². The van der Waals surface area contributed by atoms with E-state index in [0.717, 1.165) is 16.9 Å². The first-order valence-corrected chi connectivity index (χ1v) is 12.0. The Kier molecular flexibility index (Phi) is 7.23. The lowest BCUT2D eigenvalue weighted by Crippen LogP contribution is -2.51. The van der Waals surface area contributed by atoms with E-state index in [1.165, 1.54) is 9.18 Å². The minimum atomic E-state index is -3.33. The van der Waals surface area contributed by atoms with Crippen LogP contribution in [-0.4, -0.2) is 56.3 Å². The van der Waals surface area contributed by atoms with Gasteiger partial charge in [-0.25, -0.2) is 8.42 Å². The van der Waals surface area contributed by atoms with Gasteiger partial charge in [-0.05, 0) is 24.1 Å². The molecule has 6 nitrogen and oxygen atoms in total. The van der Waals surface area contributed by atoms with Crippen LogP contribution in [0.5, 0.6) is 0 Å². The maximum absolute atomic E-state index is 12.6. The van der Waals surface area contributed by atoms with Gasteiger partial charge in [-0.1, -0.05) is 37.3 Å². The molecule has 28 heavy (non-hydrogen) atoms. The monoisotopic (exact) mass is 421 g/mol. The number of nitrogens with one attached hydrogen (secondary N) is 1. The average Bonchev–Trinajstić information content (AvgIpc) is 3.15. The van der Waals surface area contributed by atoms with Crippen LogP contribution in [0.1, 0.15) is 22.2 Å². The molecule has 2 heterocycles. The number of rotatable bonds is 8. The van der Waals surface area contributed by atoms with Crippen LogP contribution >= 0.6 is 11.3 Å². The van der Waals surface area contributed by atoms with E-state index in [2.05, 4.69) is 24.4 Å². The molecule has 1 aliphatic heterocycles. The first kappa shape index (κ1) is 21.0. The number of carbonyl (C=O) groups excluding carboxylic acids is 1. The lowest BCUT2D eigenvalue weighted by molar-refractivity contribution is -0.122. The van der Waals surface area contributed by atoms with Crippen LogP contribution < -0.4 is 5.32 Å². The number of sulfonamides is 1. The Morgan fingerprint density at radius 3 is 2.36 bits per heavy atom. The van der Waals surface area contributed by atoms with Crippen molar-refractivity contribution in [2.75, 3.05) is 32.7 Å². The molecule has 0 aliphatic carbocycles. The standard InChI is InChI=1S/C20H27N3O3S2/c1-2-18-8-9-19(27-18)14-21-20(24)15-22-10-12-23(13-11-22)28(25,26)16-17-6-4-3-5-7-17/h3-9H,2,10-16H2,1H3,(H,21,24). The molecule has 0 bridgehead atoms. The molecule has 0 atom stereocenters. The highest BCUT2D eigenvalue weighted by atomic mass is 32.2. The summed E-state index contributed by atoms with van der Waals surface area (Å²) in [5.41, 5.74) is 0.795. The molecule has 1 saturated heterocycles. The van der Waals surface area contributed by atoms with Gasteiger partial charge in [0, 0.05) is 35.9 Å². The summed E-state index contributed by atoms with van der Waals surface area (Å²) in [6.07, 6.45) is 1.01. The van der Waals surface area contributed by atoms with E-state index in [1.807, 2.05) is 35.2 Å². The largest absolute Gasteiger partial charge is 0.350 e. The van der Waals surface area contributed by atoms with E-state index >= 15 is 0 Å². The molecule has 8 heteroatoms. The van der Waals surface area contributed by atoms with Crippen molar-refractivity contribution >= 4 is 27.3 Å². The van der Waals surface area contributed by atoms with Crippen molar-refractivity contribution in [3.63, 3.8) is 0 Å². The second-order valence-electron chi connectivity index (χ2n) is 6.92. The van der Waals surface area contributed by atoms with Gasteiger partial charge in [0.25, 0.3) is 0 Å². The molecule has 1 aromatic heterocycles. The fourth-order valence-corrected chi connectivity index (χ4v) is 5.61. The number of hydrogen-bond acceptors (Lipinski definition) is 5. The lowest BCUT2D eigenvalue weighted by atomic mass is 10.2. The minimum absolute atomic E-state index is 0.0213. The van der Waals surface area contributed by atoms with Crippen molar-refractivity contribution in [1.29, 1.82) is 0 Å². The van der Waals surface area contributed by atoms with Gasteiger partial charge >= 0.3 is 0 Å². The van der Waals surface area contributed by atoms with Crippen molar-refractivity contribution < 1.29 is 13.2 Å². The topological polar surface area (TPSA) is 69.7 Å². The van der Waals surface area contributed by atoms with Crippen LogP contribution in [0.3, 0.4) is 0 Å². The van der Waals surface area contributed by atoms with Crippen molar-refractivity contribution in [2.45, 2.75) is 25.6 Å². The van der Waals surface area contributed by atoms with E-state index in [9.17, 15) is 13.2 Å². The summed E-state index contributed by atoms with van der Waals surface area (Å²) in [4.78, 5) is 16.7. The molecule has 0 radical (unpaired) electrons. The van der Waals surface area contributed by atoms with E-state index in [0.29, 0.717) is 39.3 Å². The molecule has 1 fully saturated rings. The van der Waals surface area contributed by atoms with E-state index in [1.54, 1.807) is 11.3 Å². The summed E-state index contributed by atoms with van der Waals surface area (Å²) < 4.78 is 26.7. The quantitative estimate of drug-likeness (QED) is 0.709. The highest BCUT2D eigenvalue weighted by Gasteiger charge is 2.27. The van der Waals surface area contributed by atoms with Gasteiger partial charge in [-0.2, -0.15) is 4.31 Å². The normalized spacial score (nSPS) is 16.2. The van der Waals surface area contributed by atoms with Gasteiger partial charge < -0.3 is 5.32 Å². The summed E-state index contributed by atoms with van der Waals surface area (Å²) in [5.74, 6) is 0.00145. The van der Waals surface area contributed by atoms with Crippen LogP contribution in [0.2, 0.25) is 0 Å². The molecule has 1 aliphatic rings. The number of carbonyl (C=O) groups is 1. The first-order chi connectivity index (χ1) is 13.5. The average molecular weight is 422 g/mol. The summed E-state index contributed by atoms with van der Waals surface area (Å²) in [5, 5.41) is 2.96. The smallest absolute Gasteiger partial charge is 0.234 e. The molecule has 0 saturated carbocycles. The van der Waals surface area contributed by atoms with Crippen LogP contribution in [-0.2, 0) is 33.5 Å². The molecule has 3 rings (SSSR count). The highest BCUT2D eigenvalue weighted by Crippen LogP contribution is 2.17. The fraction of sp³-hybridized carbons (Fsp3) is 0.450. The van der Waals surface area contributed by atoms with Gasteiger partial charge in [-0.15, -0.1) is 11.3 Å². The highest BCUT2D eigenvalue weighted by molar-refractivity contribution is 7.88. The van der Waals surface area contributed by atoms with Crippen LogP contribution in [0.15, 0.2) is 42.5 Å². The van der Waals surface area contributed by atoms with E-state index in [4.69, 9.17) is 0 Å². The van der Waals surface area contributed by atoms with Crippen LogP contribution in [0, 0.1) is 0 Å². The predicted molar refractivity (Wildman–Crippen MR) is 113 cm³/mol. The Hall–Kier alpha value is -1.74. The SMILES string of the molecule is CCc1ccc(CNC(=O)CN2CCN(S(=O)(=O)Cc3ccccc3)CC2)s1. The van der Waals surface area contributed by atoms with Gasteiger partial charge in [0.05, 0.1) is 18.8 Å². The summed E-state index contributed by atoms with van der Waals surface area (Å²) in [6.45, 7) is 4.96. The number of thiophene rings is 1. The third-order valence-corrected chi connectivity index (χ3v) is 7.89. The van der Waals surface area contributed by atoms with Gasteiger partial charge in [0.1, 0.15) is 0 Å². The van der Waals surface area contributed by atoms with E-state index in [-0.39, 0.29) is 11.7 Å². The third-order valence-electron chi connectivity index (χ3n) is 4.81. The number of amides is 1. The summed E-state index contributed by atoms with van der Waals surface area (Å²) in [6, 6.07) is 13.4. The molecular formula is C20H27N3O3S2. The first-order valence-electron chi connectivity index (χ1n) is 9.54. The van der Waals surface area contributed by atoms with Crippen LogP contribution in [0.25, 0.3) is 0 Å². The second-order valence-corrected chi connectivity index (χ2v) is 10.1. The molecule has 0 unspecified atom stereocenters. The Balaban J connectivity index is 1.42. The summed E-state index contributed by atoms with van der Waals surface area (Å²) in [7, 11) is -3.33. The van der Waals surface area contributed by atoms with Crippen molar-refractivity contribution in [1.82, 2.24) is 14.5 Å². The van der Waals surface area contributed by atoms with Gasteiger partial charge in [0.2, 0.25) is 15.9 Å². The van der Waals surface area contributed by atoms with Gasteiger partial charge in [0.15, 0.2) is 0 Å². The minimum Gasteiger partial charge on any atom is -0.350 e. The molecular weight excluding hydrogens is 394 g/mol. The lowest BCUT2D eigenvalue weighted by Gasteiger charge is -2.33. The molecule has 1 aromatic carbocycles. The fourth-order valence-electron chi connectivity index (χ4n) is 3.19. The Bertz CT molecular complexity index is 873. The predicted octanol–water partition coefficient (Wildman–Crippen LogP) is 2.07. The number of hydrogen-bond donors (Lipinski definition) is 1. The zero-order chi connectivity index (χ0) is 20.0. The van der Waals surface area contributed by atoms with E-state index < -0.39 is 10.0 Å². The zero-order valence-electron chi connectivity index (χ0n) is 16.1. The van der Waals surface area contributed by atoms with Gasteiger partial charge in [-0.3, -0.25) is 9.69 Å². The third kappa shape index (κ3) is 5.88. The van der Waals surface area contributed by atoms with Crippen molar-refractivity contribution in [3.05, 3.63) is 57.8 Å². The maximum Gasteiger partial charge on any atom is 0.234 e. The summed E-state index contributed by atoms with van der Waals surface area (Å²) >= 11 is 1.72. The molecule has 1 amide bonds. The number of piperazine rings is 1. The van der Waals surface area contributed by atoms with Crippen LogP contribution in [0.4, 0.5) is 0 Å². The molecule has 1 N–H and O–H groups in total.